The van der Waals surface area contributed by atoms with E-state index in [-0.39, 0.29) is 0 Å². The van der Waals surface area contributed by atoms with Crippen molar-refractivity contribution in [3.8, 4) is 0 Å². The lowest BCUT2D eigenvalue weighted by Crippen LogP contribution is -2.48. The summed E-state index contributed by atoms with van der Waals surface area (Å²) >= 11 is 6.02. The number of halogens is 1. The van der Waals surface area contributed by atoms with Crippen LogP contribution in [0.3, 0.4) is 0 Å². The van der Waals surface area contributed by atoms with E-state index < -0.39 is 0 Å². The number of hydrogen-bond acceptors (Lipinski definition) is 1. The first-order valence-electron chi connectivity index (χ1n) is 6.42. The second kappa shape index (κ2) is 4.47. The standard InChI is InChI=1S/C15H18ClN/c1-10(11-4-2-6-13(16)8-11)17-15-9-12-5-3-7-14(12)15/h2-4,6-8,10,12,14-15,17H,5,9H2,1H3/t10-,12?,14?,15?/m1/s1. The van der Waals surface area contributed by atoms with Crippen LogP contribution in [0.2, 0.25) is 5.02 Å². The highest BCUT2D eigenvalue weighted by molar-refractivity contribution is 6.30. The van der Waals surface area contributed by atoms with Crippen molar-refractivity contribution in [2.24, 2.45) is 11.8 Å². The van der Waals surface area contributed by atoms with Crippen LogP contribution < -0.4 is 5.32 Å². The topological polar surface area (TPSA) is 12.0 Å². The molecule has 3 rings (SSSR count). The van der Waals surface area contributed by atoms with Gasteiger partial charge >= 0.3 is 0 Å². The lowest BCUT2D eigenvalue weighted by Gasteiger charge is -2.42. The molecule has 0 radical (unpaired) electrons. The molecule has 0 aromatic heterocycles. The van der Waals surface area contributed by atoms with Gasteiger partial charge in [-0.25, -0.2) is 0 Å². The minimum Gasteiger partial charge on any atom is -0.307 e. The highest BCUT2D eigenvalue weighted by Crippen LogP contribution is 2.43. The van der Waals surface area contributed by atoms with Crippen LogP contribution in [0.4, 0.5) is 0 Å². The van der Waals surface area contributed by atoms with Crippen molar-refractivity contribution in [1.29, 1.82) is 0 Å². The number of benzene rings is 1. The molecule has 1 nitrogen and oxygen atoms in total. The summed E-state index contributed by atoms with van der Waals surface area (Å²) in [4.78, 5) is 0. The Hall–Kier alpha value is -0.790. The lowest BCUT2D eigenvalue weighted by atomic mass is 9.71. The SMILES string of the molecule is C[C@@H](NC1CC2CC=CC21)c1cccc(Cl)c1. The van der Waals surface area contributed by atoms with E-state index in [1.54, 1.807) is 0 Å². The van der Waals surface area contributed by atoms with Gasteiger partial charge in [0.2, 0.25) is 0 Å². The van der Waals surface area contributed by atoms with Crippen LogP contribution in [-0.4, -0.2) is 6.04 Å². The molecule has 2 aliphatic carbocycles. The predicted molar refractivity (Wildman–Crippen MR) is 72.1 cm³/mol. The number of rotatable bonds is 3. The molecule has 0 aliphatic heterocycles. The Morgan fingerprint density at radius 3 is 3.06 bits per heavy atom. The monoisotopic (exact) mass is 247 g/mol. The molecule has 90 valence electrons. The molecule has 1 saturated carbocycles. The van der Waals surface area contributed by atoms with Gasteiger partial charge in [0.05, 0.1) is 0 Å². The van der Waals surface area contributed by atoms with Crippen molar-refractivity contribution in [2.45, 2.75) is 31.8 Å². The Morgan fingerprint density at radius 1 is 1.41 bits per heavy atom. The minimum atomic E-state index is 0.383. The summed E-state index contributed by atoms with van der Waals surface area (Å²) in [6, 6.07) is 9.19. The molecule has 1 aromatic carbocycles. The smallest absolute Gasteiger partial charge is 0.0409 e. The molecule has 0 amide bonds. The molecule has 0 saturated heterocycles. The average Bonchev–Trinajstić information content (AvgIpc) is 2.67. The fourth-order valence-corrected chi connectivity index (χ4v) is 3.30. The fraction of sp³-hybridized carbons (Fsp3) is 0.467. The highest BCUT2D eigenvalue weighted by Gasteiger charge is 2.41. The van der Waals surface area contributed by atoms with Gasteiger partial charge in [-0.1, -0.05) is 35.9 Å². The zero-order valence-electron chi connectivity index (χ0n) is 10.1. The van der Waals surface area contributed by atoms with Crippen LogP contribution in [0.25, 0.3) is 0 Å². The second-order valence-electron chi connectivity index (χ2n) is 5.29. The first kappa shape index (κ1) is 11.3. The molecule has 0 spiro atoms. The van der Waals surface area contributed by atoms with Crippen LogP contribution in [-0.2, 0) is 0 Å². The molecule has 3 unspecified atom stereocenters. The van der Waals surface area contributed by atoms with Crippen molar-refractivity contribution in [3.05, 3.63) is 47.0 Å². The van der Waals surface area contributed by atoms with Gasteiger partial charge in [0, 0.05) is 17.1 Å². The number of nitrogens with one attached hydrogen (secondary N) is 1. The van der Waals surface area contributed by atoms with Crippen LogP contribution >= 0.6 is 11.6 Å². The molecule has 1 fully saturated rings. The van der Waals surface area contributed by atoms with Crippen LogP contribution in [0.5, 0.6) is 0 Å². The summed E-state index contributed by atoms with van der Waals surface area (Å²) in [6.07, 6.45) is 7.33. The third-order valence-electron chi connectivity index (χ3n) is 4.18. The van der Waals surface area contributed by atoms with E-state index in [0.29, 0.717) is 12.1 Å². The van der Waals surface area contributed by atoms with Gasteiger partial charge in [-0.05, 0) is 49.3 Å². The average molecular weight is 248 g/mol. The third kappa shape index (κ3) is 2.14. The Labute approximate surface area is 108 Å². The van der Waals surface area contributed by atoms with Gasteiger partial charge in [0.15, 0.2) is 0 Å². The maximum absolute atomic E-state index is 6.02. The molecule has 17 heavy (non-hydrogen) atoms. The Bertz CT molecular complexity index is 440. The van der Waals surface area contributed by atoms with E-state index in [9.17, 15) is 0 Å². The molecular weight excluding hydrogens is 230 g/mol. The normalized spacial score (nSPS) is 32.0. The van der Waals surface area contributed by atoms with E-state index in [2.05, 4.69) is 36.5 Å². The molecular formula is C15H18ClN. The summed E-state index contributed by atoms with van der Waals surface area (Å²) in [7, 11) is 0. The maximum Gasteiger partial charge on any atom is 0.0409 e. The molecule has 2 heteroatoms. The minimum absolute atomic E-state index is 0.383. The molecule has 1 aromatic rings. The first-order chi connectivity index (χ1) is 8.24. The van der Waals surface area contributed by atoms with E-state index >= 15 is 0 Å². The molecule has 4 atom stereocenters. The Kier molecular flexibility index (Phi) is 2.97. The predicted octanol–water partition coefficient (Wildman–Crippen LogP) is 3.96. The fourth-order valence-electron chi connectivity index (χ4n) is 3.10. The van der Waals surface area contributed by atoms with Crippen molar-refractivity contribution >= 4 is 11.6 Å². The summed E-state index contributed by atoms with van der Waals surface area (Å²) < 4.78 is 0. The molecule has 0 bridgehead atoms. The van der Waals surface area contributed by atoms with Crippen LogP contribution in [0.1, 0.15) is 31.4 Å². The summed E-state index contributed by atoms with van der Waals surface area (Å²) in [6.45, 7) is 2.22. The van der Waals surface area contributed by atoms with Crippen molar-refractivity contribution < 1.29 is 0 Å². The quantitative estimate of drug-likeness (QED) is 0.798. The summed E-state index contributed by atoms with van der Waals surface area (Å²) in [5, 5.41) is 4.54. The summed E-state index contributed by atoms with van der Waals surface area (Å²) in [5.41, 5.74) is 1.28. The molecule has 0 heterocycles. The zero-order valence-corrected chi connectivity index (χ0v) is 10.8. The van der Waals surface area contributed by atoms with E-state index in [1.165, 1.54) is 18.4 Å². The van der Waals surface area contributed by atoms with Gasteiger partial charge in [-0.2, -0.15) is 0 Å². The van der Waals surface area contributed by atoms with Gasteiger partial charge in [0.25, 0.3) is 0 Å². The number of hydrogen-bond donors (Lipinski definition) is 1. The number of allylic oxidation sites excluding steroid dienone is 1. The number of fused-ring (bicyclic) bond motifs is 1. The molecule has 1 N–H and O–H groups in total. The van der Waals surface area contributed by atoms with Gasteiger partial charge in [0.1, 0.15) is 0 Å². The third-order valence-corrected chi connectivity index (χ3v) is 4.41. The molecule has 2 aliphatic rings. The van der Waals surface area contributed by atoms with Gasteiger partial charge in [-0.15, -0.1) is 0 Å². The Morgan fingerprint density at radius 2 is 2.29 bits per heavy atom. The largest absolute Gasteiger partial charge is 0.307 e. The van der Waals surface area contributed by atoms with E-state index in [4.69, 9.17) is 11.6 Å². The van der Waals surface area contributed by atoms with Gasteiger partial charge < -0.3 is 5.32 Å². The van der Waals surface area contributed by atoms with E-state index in [0.717, 1.165) is 16.9 Å². The van der Waals surface area contributed by atoms with Crippen LogP contribution in [0.15, 0.2) is 36.4 Å². The van der Waals surface area contributed by atoms with Crippen molar-refractivity contribution in [3.63, 3.8) is 0 Å². The summed E-state index contributed by atoms with van der Waals surface area (Å²) in [5.74, 6) is 1.69. The van der Waals surface area contributed by atoms with Crippen molar-refractivity contribution in [1.82, 2.24) is 5.32 Å². The highest BCUT2D eigenvalue weighted by atomic mass is 35.5. The van der Waals surface area contributed by atoms with Crippen molar-refractivity contribution in [2.75, 3.05) is 0 Å². The Balaban J connectivity index is 1.64. The van der Waals surface area contributed by atoms with Crippen LogP contribution in [0, 0.1) is 11.8 Å². The second-order valence-corrected chi connectivity index (χ2v) is 5.72. The lowest BCUT2D eigenvalue weighted by molar-refractivity contribution is 0.152. The zero-order chi connectivity index (χ0) is 11.8. The van der Waals surface area contributed by atoms with Gasteiger partial charge in [-0.3, -0.25) is 0 Å². The first-order valence-corrected chi connectivity index (χ1v) is 6.80. The van der Waals surface area contributed by atoms with E-state index in [1.807, 2.05) is 12.1 Å². The maximum atomic E-state index is 6.02.